The molecule has 1 amide bonds. The third-order valence-electron chi connectivity index (χ3n) is 3.60. The first-order valence-electron chi connectivity index (χ1n) is 7.77. The maximum Gasteiger partial charge on any atom is 0.277 e. The predicted molar refractivity (Wildman–Crippen MR) is 99.7 cm³/mol. The molecule has 0 saturated carbocycles. The molecule has 0 aliphatic rings. The molecule has 6 heteroatoms. The lowest BCUT2D eigenvalue weighted by Gasteiger charge is -2.13. The summed E-state index contributed by atoms with van der Waals surface area (Å²) in [4.78, 5) is 11.8. The highest BCUT2D eigenvalue weighted by Crippen LogP contribution is 2.19. The van der Waals surface area contributed by atoms with E-state index in [1.54, 1.807) is 18.3 Å². The summed E-state index contributed by atoms with van der Waals surface area (Å²) in [5.41, 5.74) is 5.79. The molecule has 0 aliphatic heterocycles. The second-order valence-corrected chi connectivity index (χ2v) is 6.75. The molecular weight excluding hydrogens is 370 g/mol. The number of amides is 1. The van der Waals surface area contributed by atoms with Crippen LogP contribution in [0.5, 0.6) is 5.75 Å². The van der Waals surface area contributed by atoms with Crippen molar-refractivity contribution in [2.45, 2.75) is 33.7 Å². The van der Waals surface area contributed by atoms with Crippen molar-refractivity contribution in [2.24, 2.45) is 5.10 Å². The molecule has 1 N–H and O–H groups in total. The average Bonchev–Trinajstić information content (AvgIpc) is 2.79. The van der Waals surface area contributed by atoms with Gasteiger partial charge in [0.1, 0.15) is 5.75 Å². The van der Waals surface area contributed by atoms with E-state index < -0.39 is 0 Å². The Morgan fingerprint density at radius 2 is 2.12 bits per heavy atom. The molecule has 2 aromatic rings. The SMILES string of the molecule is Cc1cc(/C=N\NC(=O)COc2cccc(Br)c2)c(C)n1C(C)C. The molecular formula is C18H22BrN3O2. The van der Waals surface area contributed by atoms with Gasteiger partial charge in [0.25, 0.3) is 5.91 Å². The largest absolute Gasteiger partial charge is 0.484 e. The molecule has 0 spiro atoms. The van der Waals surface area contributed by atoms with Gasteiger partial charge in [-0.15, -0.1) is 0 Å². The predicted octanol–water partition coefficient (Wildman–Crippen LogP) is 3.98. The van der Waals surface area contributed by atoms with Gasteiger partial charge < -0.3 is 9.30 Å². The number of aryl methyl sites for hydroxylation is 1. The van der Waals surface area contributed by atoms with E-state index in [1.165, 1.54) is 5.69 Å². The summed E-state index contributed by atoms with van der Waals surface area (Å²) < 4.78 is 8.55. The Labute approximate surface area is 150 Å². The molecule has 0 fully saturated rings. The van der Waals surface area contributed by atoms with Crippen LogP contribution in [0.2, 0.25) is 0 Å². The standard InChI is InChI=1S/C18H22BrN3O2/c1-12(2)22-13(3)8-15(14(22)4)10-20-21-18(23)11-24-17-7-5-6-16(19)9-17/h5-10,12H,11H2,1-4H3,(H,21,23)/b20-10-. The molecule has 0 radical (unpaired) electrons. The minimum Gasteiger partial charge on any atom is -0.484 e. The summed E-state index contributed by atoms with van der Waals surface area (Å²) >= 11 is 3.36. The van der Waals surface area contributed by atoms with Gasteiger partial charge in [0.2, 0.25) is 0 Å². The number of carbonyl (C=O) groups excluding carboxylic acids is 1. The van der Waals surface area contributed by atoms with Crippen molar-refractivity contribution >= 4 is 28.1 Å². The summed E-state index contributed by atoms with van der Waals surface area (Å²) in [6.45, 7) is 8.31. The maximum absolute atomic E-state index is 11.8. The fraction of sp³-hybridized carbons (Fsp3) is 0.333. The molecule has 24 heavy (non-hydrogen) atoms. The summed E-state index contributed by atoms with van der Waals surface area (Å²) in [6.07, 6.45) is 1.66. The van der Waals surface area contributed by atoms with Crippen LogP contribution in [0.1, 0.15) is 36.8 Å². The molecule has 2 rings (SSSR count). The number of hydrazone groups is 1. The first kappa shape index (κ1) is 18.3. The lowest BCUT2D eigenvalue weighted by molar-refractivity contribution is -0.123. The van der Waals surface area contributed by atoms with Crippen LogP contribution in [-0.4, -0.2) is 23.3 Å². The van der Waals surface area contributed by atoms with Crippen molar-refractivity contribution in [3.8, 4) is 5.75 Å². The molecule has 0 atom stereocenters. The van der Waals surface area contributed by atoms with Gasteiger partial charge in [0.15, 0.2) is 6.61 Å². The summed E-state index contributed by atoms with van der Waals surface area (Å²) in [7, 11) is 0. The number of halogens is 1. The average molecular weight is 392 g/mol. The number of nitrogens with zero attached hydrogens (tertiary/aromatic N) is 2. The minimum atomic E-state index is -0.302. The van der Waals surface area contributed by atoms with Crippen molar-refractivity contribution in [2.75, 3.05) is 6.61 Å². The van der Waals surface area contributed by atoms with Gasteiger partial charge in [-0.25, -0.2) is 5.43 Å². The van der Waals surface area contributed by atoms with Gasteiger partial charge in [-0.05, 0) is 52.0 Å². The monoisotopic (exact) mass is 391 g/mol. The highest BCUT2D eigenvalue weighted by molar-refractivity contribution is 9.10. The number of carbonyl (C=O) groups is 1. The molecule has 1 heterocycles. The zero-order chi connectivity index (χ0) is 17.7. The fourth-order valence-electron chi connectivity index (χ4n) is 2.64. The van der Waals surface area contributed by atoms with E-state index in [0.29, 0.717) is 11.8 Å². The highest BCUT2D eigenvalue weighted by Gasteiger charge is 2.10. The zero-order valence-corrected chi connectivity index (χ0v) is 15.9. The Kier molecular flexibility index (Phi) is 6.20. The van der Waals surface area contributed by atoms with E-state index in [-0.39, 0.29) is 12.5 Å². The Bertz CT molecular complexity index is 751. The van der Waals surface area contributed by atoms with Crippen LogP contribution < -0.4 is 10.2 Å². The van der Waals surface area contributed by atoms with Crippen LogP contribution >= 0.6 is 15.9 Å². The lowest BCUT2D eigenvalue weighted by Crippen LogP contribution is -2.24. The maximum atomic E-state index is 11.8. The van der Waals surface area contributed by atoms with E-state index in [0.717, 1.165) is 15.7 Å². The quantitative estimate of drug-likeness (QED) is 0.597. The molecule has 1 aromatic carbocycles. The van der Waals surface area contributed by atoms with Crippen LogP contribution in [0.4, 0.5) is 0 Å². The number of hydrogen-bond donors (Lipinski definition) is 1. The second kappa shape index (κ2) is 8.15. The van der Waals surface area contributed by atoms with E-state index in [2.05, 4.69) is 57.9 Å². The topological polar surface area (TPSA) is 55.6 Å². The summed E-state index contributed by atoms with van der Waals surface area (Å²) in [6, 6.07) is 9.79. The van der Waals surface area contributed by atoms with E-state index in [9.17, 15) is 4.79 Å². The first-order valence-corrected chi connectivity index (χ1v) is 8.56. The van der Waals surface area contributed by atoms with Gasteiger partial charge in [-0.2, -0.15) is 5.10 Å². The summed E-state index contributed by atoms with van der Waals surface area (Å²) in [5.74, 6) is 0.327. The zero-order valence-electron chi connectivity index (χ0n) is 14.3. The van der Waals surface area contributed by atoms with Crippen LogP contribution in [0.15, 0.2) is 39.9 Å². The van der Waals surface area contributed by atoms with Crippen molar-refractivity contribution in [3.63, 3.8) is 0 Å². The smallest absolute Gasteiger partial charge is 0.277 e. The molecule has 5 nitrogen and oxygen atoms in total. The molecule has 0 saturated heterocycles. The van der Waals surface area contributed by atoms with E-state index >= 15 is 0 Å². The Hall–Kier alpha value is -2.08. The Morgan fingerprint density at radius 1 is 1.38 bits per heavy atom. The van der Waals surface area contributed by atoms with Gasteiger partial charge >= 0.3 is 0 Å². The normalized spacial score (nSPS) is 11.2. The van der Waals surface area contributed by atoms with Crippen molar-refractivity contribution in [1.29, 1.82) is 0 Å². The second-order valence-electron chi connectivity index (χ2n) is 5.83. The fourth-order valence-corrected chi connectivity index (χ4v) is 3.02. The number of hydrogen-bond acceptors (Lipinski definition) is 3. The Morgan fingerprint density at radius 3 is 2.75 bits per heavy atom. The van der Waals surface area contributed by atoms with Crippen LogP contribution in [0.3, 0.4) is 0 Å². The van der Waals surface area contributed by atoms with Crippen molar-refractivity contribution in [1.82, 2.24) is 9.99 Å². The summed E-state index contributed by atoms with van der Waals surface area (Å²) in [5, 5.41) is 4.02. The highest BCUT2D eigenvalue weighted by atomic mass is 79.9. The number of benzene rings is 1. The van der Waals surface area contributed by atoms with Crippen LogP contribution in [0.25, 0.3) is 0 Å². The first-order chi connectivity index (χ1) is 11.4. The molecule has 0 unspecified atom stereocenters. The van der Waals surface area contributed by atoms with Gasteiger partial charge in [0.05, 0.1) is 6.21 Å². The minimum absolute atomic E-state index is 0.0845. The number of rotatable bonds is 6. The van der Waals surface area contributed by atoms with Crippen LogP contribution in [-0.2, 0) is 4.79 Å². The number of nitrogens with one attached hydrogen (secondary N) is 1. The van der Waals surface area contributed by atoms with Crippen molar-refractivity contribution < 1.29 is 9.53 Å². The van der Waals surface area contributed by atoms with Crippen molar-refractivity contribution in [3.05, 3.63) is 51.8 Å². The van der Waals surface area contributed by atoms with E-state index in [1.807, 2.05) is 19.1 Å². The lowest BCUT2D eigenvalue weighted by atomic mass is 10.2. The number of ether oxygens (including phenoxy) is 1. The van der Waals surface area contributed by atoms with E-state index in [4.69, 9.17) is 4.74 Å². The van der Waals surface area contributed by atoms with Gasteiger partial charge in [-0.3, -0.25) is 4.79 Å². The van der Waals surface area contributed by atoms with Gasteiger partial charge in [0, 0.05) is 27.5 Å². The third kappa shape index (κ3) is 4.71. The Balaban J connectivity index is 1.90. The van der Waals surface area contributed by atoms with Gasteiger partial charge in [-0.1, -0.05) is 22.0 Å². The third-order valence-corrected chi connectivity index (χ3v) is 4.09. The number of aromatic nitrogens is 1. The molecule has 1 aromatic heterocycles. The molecule has 0 bridgehead atoms. The van der Waals surface area contributed by atoms with Crippen LogP contribution in [0, 0.1) is 13.8 Å². The molecule has 0 aliphatic carbocycles. The molecule has 128 valence electrons.